The molecule has 1 aliphatic carbocycles. The first-order chi connectivity index (χ1) is 17.5. The van der Waals surface area contributed by atoms with Gasteiger partial charge in [0.25, 0.3) is 0 Å². The Bertz CT molecular complexity index is 1380. The second kappa shape index (κ2) is 10.3. The molecule has 1 saturated heterocycles. The first-order valence-electron chi connectivity index (χ1n) is 11.8. The lowest BCUT2D eigenvalue weighted by Gasteiger charge is -2.34. The van der Waals surface area contributed by atoms with Crippen molar-refractivity contribution in [3.8, 4) is 0 Å². The van der Waals surface area contributed by atoms with Gasteiger partial charge in [0.1, 0.15) is 12.0 Å². The number of piperidine rings is 1. The number of halogens is 4. The number of nitrogens with one attached hydrogen (secondary N) is 1. The molecule has 0 radical (unpaired) electrons. The van der Waals surface area contributed by atoms with Crippen LogP contribution in [0.2, 0.25) is 0 Å². The molecule has 2 aliphatic rings. The fourth-order valence-corrected chi connectivity index (χ4v) is 4.61. The number of aliphatic carboxylic acids is 1. The monoisotopic (exact) mass is 517 g/mol. The van der Waals surface area contributed by atoms with Crippen LogP contribution in [0.1, 0.15) is 38.1 Å². The summed E-state index contributed by atoms with van der Waals surface area (Å²) in [4.78, 5) is 29.0. The SMILES string of the molecule is C=c1[nH]c(C2=CC=C(c3cnc(N4CC(C)CC(C(=O)O)C4)nc3)CC2F)n/c1=C/C(=CC)C(F)(F)F. The number of aromatic nitrogens is 4. The Morgan fingerprint density at radius 1 is 1.24 bits per heavy atom. The summed E-state index contributed by atoms with van der Waals surface area (Å²) in [5.41, 5.74) is 0.616. The maximum absolute atomic E-state index is 15.2. The number of allylic oxidation sites excluding steroid dienone is 6. The van der Waals surface area contributed by atoms with Crippen LogP contribution in [0.25, 0.3) is 23.8 Å². The van der Waals surface area contributed by atoms with E-state index in [1.54, 1.807) is 18.5 Å². The van der Waals surface area contributed by atoms with E-state index in [1.165, 1.54) is 13.0 Å². The number of nitrogens with zero attached hydrogens (tertiary/aromatic N) is 4. The average Bonchev–Trinajstić information content (AvgIpc) is 3.21. The van der Waals surface area contributed by atoms with Crippen molar-refractivity contribution >= 4 is 35.7 Å². The molecule has 0 aromatic carbocycles. The van der Waals surface area contributed by atoms with Gasteiger partial charge in [0.05, 0.1) is 22.2 Å². The van der Waals surface area contributed by atoms with Crippen molar-refractivity contribution in [2.75, 3.05) is 18.0 Å². The van der Waals surface area contributed by atoms with E-state index < -0.39 is 29.8 Å². The van der Waals surface area contributed by atoms with Gasteiger partial charge in [-0.2, -0.15) is 13.2 Å². The Labute approximate surface area is 210 Å². The molecule has 1 fully saturated rings. The molecular formula is C26H27F4N5O2. The number of carboxylic acid groups (broad SMARTS) is 1. The van der Waals surface area contributed by atoms with Crippen molar-refractivity contribution in [3.05, 3.63) is 58.3 Å². The summed E-state index contributed by atoms with van der Waals surface area (Å²) in [6, 6.07) is 0. The van der Waals surface area contributed by atoms with Gasteiger partial charge in [-0.05, 0) is 30.9 Å². The molecule has 7 nitrogen and oxygen atoms in total. The largest absolute Gasteiger partial charge is 0.481 e. The number of aromatic amines is 1. The predicted octanol–water partition coefficient (Wildman–Crippen LogP) is 3.65. The van der Waals surface area contributed by atoms with E-state index in [0.29, 0.717) is 36.6 Å². The number of carboxylic acids is 1. The Kier molecular flexibility index (Phi) is 7.33. The van der Waals surface area contributed by atoms with Crippen molar-refractivity contribution in [1.29, 1.82) is 0 Å². The number of H-pyrrole nitrogens is 1. The van der Waals surface area contributed by atoms with Gasteiger partial charge in [0, 0.05) is 43.0 Å². The van der Waals surface area contributed by atoms with Crippen molar-refractivity contribution in [3.63, 3.8) is 0 Å². The van der Waals surface area contributed by atoms with E-state index in [-0.39, 0.29) is 34.4 Å². The third-order valence-corrected chi connectivity index (χ3v) is 6.52. The van der Waals surface area contributed by atoms with E-state index in [0.717, 1.165) is 12.2 Å². The molecule has 2 N–H and O–H groups in total. The lowest BCUT2D eigenvalue weighted by molar-refractivity contribution is -0.142. The highest BCUT2D eigenvalue weighted by molar-refractivity contribution is 5.78. The summed E-state index contributed by atoms with van der Waals surface area (Å²) in [7, 11) is 0. The lowest BCUT2D eigenvalue weighted by Crippen LogP contribution is -2.43. The normalized spacial score (nSPS) is 23.6. The van der Waals surface area contributed by atoms with Crippen LogP contribution in [0.4, 0.5) is 23.5 Å². The summed E-state index contributed by atoms with van der Waals surface area (Å²) in [5.74, 6) is -0.595. The Morgan fingerprint density at radius 2 is 1.95 bits per heavy atom. The minimum atomic E-state index is -4.54. The molecule has 37 heavy (non-hydrogen) atoms. The van der Waals surface area contributed by atoms with E-state index in [9.17, 15) is 23.1 Å². The number of imidazole rings is 1. The molecular weight excluding hydrogens is 490 g/mol. The zero-order valence-corrected chi connectivity index (χ0v) is 20.4. The van der Waals surface area contributed by atoms with Crippen LogP contribution in [0.15, 0.2) is 36.2 Å². The molecule has 0 spiro atoms. The quantitative estimate of drug-likeness (QED) is 0.588. The number of hydrogen-bond acceptors (Lipinski definition) is 5. The molecule has 0 saturated carbocycles. The second-order valence-electron chi connectivity index (χ2n) is 9.37. The first kappa shape index (κ1) is 26.3. The molecule has 11 heteroatoms. The van der Waals surface area contributed by atoms with Crippen molar-refractivity contribution in [2.45, 2.75) is 39.0 Å². The maximum atomic E-state index is 15.2. The molecule has 3 heterocycles. The van der Waals surface area contributed by atoms with Gasteiger partial charge in [0.2, 0.25) is 5.95 Å². The van der Waals surface area contributed by atoms with Crippen molar-refractivity contribution in [2.24, 2.45) is 11.8 Å². The van der Waals surface area contributed by atoms with Gasteiger partial charge in [-0.1, -0.05) is 31.7 Å². The molecule has 196 valence electrons. The summed E-state index contributed by atoms with van der Waals surface area (Å²) < 4.78 is 54.4. The molecule has 4 rings (SSSR count). The van der Waals surface area contributed by atoms with Crippen LogP contribution in [0, 0.1) is 11.8 Å². The van der Waals surface area contributed by atoms with Crippen LogP contribution in [0.5, 0.6) is 0 Å². The van der Waals surface area contributed by atoms with Gasteiger partial charge in [0.15, 0.2) is 0 Å². The number of alkyl halides is 4. The number of rotatable bonds is 5. The Hall–Kier alpha value is -3.76. The van der Waals surface area contributed by atoms with E-state index in [1.807, 2.05) is 11.8 Å². The van der Waals surface area contributed by atoms with Crippen LogP contribution in [-0.4, -0.2) is 56.4 Å². The second-order valence-corrected chi connectivity index (χ2v) is 9.37. The topological polar surface area (TPSA) is 95.0 Å². The van der Waals surface area contributed by atoms with Crippen LogP contribution < -0.4 is 15.6 Å². The van der Waals surface area contributed by atoms with Gasteiger partial charge in [-0.25, -0.2) is 19.3 Å². The summed E-state index contributed by atoms with van der Waals surface area (Å²) in [5, 5.41) is 9.53. The van der Waals surface area contributed by atoms with E-state index >= 15 is 4.39 Å². The standard InChI is InChI=1S/C26H27F4N5O2/c1-4-19(26(28,29)30)9-22-15(3)33-23(34-22)20-6-5-16(8-21(20)27)18-10-31-25(32-11-18)35-12-14(2)7-17(13-35)24(36)37/h4-6,9-11,14,17,21H,3,7-8,12-13H2,1-2H3,(H,33,34)(H,36,37)/b19-4?,22-9+. The molecule has 3 unspecified atom stereocenters. The lowest BCUT2D eigenvalue weighted by atomic mass is 9.91. The smallest absolute Gasteiger partial charge is 0.416 e. The molecule has 0 amide bonds. The summed E-state index contributed by atoms with van der Waals surface area (Å²) >= 11 is 0. The van der Waals surface area contributed by atoms with Crippen LogP contribution in [-0.2, 0) is 4.79 Å². The van der Waals surface area contributed by atoms with Crippen molar-refractivity contribution < 1.29 is 27.5 Å². The number of carbonyl (C=O) groups is 1. The van der Waals surface area contributed by atoms with Gasteiger partial charge in [-0.3, -0.25) is 4.79 Å². The Morgan fingerprint density at radius 3 is 2.54 bits per heavy atom. The van der Waals surface area contributed by atoms with Gasteiger partial charge < -0.3 is 15.0 Å². The molecule has 2 aromatic heterocycles. The summed E-state index contributed by atoms with van der Waals surface area (Å²) in [6.45, 7) is 7.94. The highest BCUT2D eigenvalue weighted by Gasteiger charge is 2.32. The van der Waals surface area contributed by atoms with Crippen LogP contribution in [0.3, 0.4) is 0 Å². The predicted molar refractivity (Wildman–Crippen MR) is 132 cm³/mol. The zero-order chi connectivity index (χ0) is 26.9. The summed E-state index contributed by atoms with van der Waals surface area (Å²) in [6.07, 6.45) is 2.83. The zero-order valence-electron chi connectivity index (χ0n) is 20.4. The minimum absolute atomic E-state index is 0.00522. The van der Waals surface area contributed by atoms with Crippen molar-refractivity contribution in [1.82, 2.24) is 19.9 Å². The first-order valence-corrected chi connectivity index (χ1v) is 11.8. The highest BCUT2D eigenvalue weighted by Crippen LogP contribution is 2.33. The average molecular weight is 518 g/mol. The van der Waals surface area contributed by atoms with E-state index in [4.69, 9.17) is 0 Å². The minimum Gasteiger partial charge on any atom is -0.481 e. The number of anilines is 1. The van der Waals surface area contributed by atoms with Gasteiger partial charge >= 0.3 is 12.1 Å². The third kappa shape index (κ3) is 5.81. The Balaban J connectivity index is 1.55. The van der Waals surface area contributed by atoms with E-state index in [2.05, 4.69) is 26.5 Å². The number of hydrogen-bond donors (Lipinski definition) is 2. The van der Waals surface area contributed by atoms with Crippen LogP contribution >= 0.6 is 0 Å². The molecule has 1 aliphatic heterocycles. The fraction of sp³-hybridized carbons (Fsp3) is 0.385. The molecule has 2 aromatic rings. The highest BCUT2D eigenvalue weighted by atomic mass is 19.4. The third-order valence-electron chi connectivity index (χ3n) is 6.52. The molecule has 3 atom stereocenters. The fourth-order valence-electron chi connectivity index (χ4n) is 4.61. The molecule has 0 bridgehead atoms. The van der Waals surface area contributed by atoms with Gasteiger partial charge in [-0.15, -0.1) is 0 Å². The maximum Gasteiger partial charge on any atom is 0.416 e.